The molecule has 0 aliphatic carbocycles. The van der Waals surface area contributed by atoms with Crippen molar-refractivity contribution in [3.05, 3.63) is 53.6 Å². The number of carbonyl (C=O) groups excluding carboxylic acids is 1. The van der Waals surface area contributed by atoms with Gasteiger partial charge >= 0.3 is 0 Å². The van der Waals surface area contributed by atoms with E-state index in [1.807, 2.05) is 31.2 Å². The lowest BCUT2D eigenvalue weighted by Gasteiger charge is -2.12. The van der Waals surface area contributed by atoms with E-state index in [-0.39, 0.29) is 5.78 Å². The second kappa shape index (κ2) is 6.79. The Morgan fingerprint density at radius 1 is 1.05 bits per heavy atom. The van der Waals surface area contributed by atoms with Gasteiger partial charge in [0.25, 0.3) is 0 Å². The Balaban J connectivity index is 1.89. The van der Waals surface area contributed by atoms with Gasteiger partial charge in [0.2, 0.25) is 0 Å². The first kappa shape index (κ1) is 14.9. The third-order valence-corrected chi connectivity index (χ3v) is 3.06. The molecule has 21 heavy (non-hydrogen) atoms. The summed E-state index contributed by atoms with van der Waals surface area (Å²) in [6.07, 6.45) is 0. The van der Waals surface area contributed by atoms with E-state index in [2.05, 4.69) is 0 Å². The molecular formula is C17H19NO3. The quantitative estimate of drug-likeness (QED) is 0.503. The predicted molar refractivity (Wildman–Crippen MR) is 83.0 cm³/mol. The summed E-state index contributed by atoms with van der Waals surface area (Å²) in [6, 6.07) is 12.7. The van der Waals surface area contributed by atoms with Crippen LogP contribution in [0.2, 0.25) is 0 Å². The third-order valence-electron chi connectivity index (χ3n) is 3.06. The number of para-hydroxylation sites is 1. The van der Waals surface area contributed by atoms with Gasteiger partial charge in [-0.25, -0.2) is 0 Å². The second-order valence-corrected chi connectivity index (χ2v) is 4.77. The Bertz CT molecular complexity index is 638. The Labute approximate surface area is 124 Å². The van der Waals surface area contributed by atoms with Crippen molar-refractivity contribution < 1.29 is 14.3 Å². The average molecular weight is 285 g/mol. The van der Waals surface area contributed by atoms with E-state index in [0.29, 0.717) is 30.2 Å². The zero-order valence-electron chi connectivity index (χ0n) is 12.3. The van der Waals surface area contributed by atoms with Gasteiger partial charge in [0.05, 0.1) is 5.56 Å². The molecule has 0 heterocycles. The molecule has 0 saturated heterocycles. The molecule has 4 heteroatoms. The highest BCUT2D eigenvalue weighted by Crippen LogP contribution is 2.21. The van der Waals surface area contributed by atoms with Gasteiger partial charge in [-0.3, -0.25) is 4.79 Å². The molecule has 4 nitrogen and oxygen atoms in total. The number of benzene rings is 2. The number of ether oxygens (including phenoxy) is 2. The molecule has 2 N–H and O–H groups in total. The molecule has 0 fully saturated rings. The number of Topliss-reactive ketones (excluding diaryl/α,β-unsaturated/α-hetero) is 1. The number of aryl methyl sites for hydroxylation is 1. The van der Waals surface area contributed by atoms with E-state index in [1.165, 1.54) is 6.92 Å². The number of hydrogen-bond donors (Lipinski definition) is 1. The zero-order valence-corrected chi connectivity index (χ0v) is 12.3. The third kappa shape index (κ3) is 3.99. The Kier molecular flexibility index (Phi) is 4.82. The summed E-state index contributed by atoms with van der Waals surface area (Å²) in [5.41, 5.74) is 7.98. The van der Waals surface area contributed by atoms with E-state index in [9.17, 15) is 4.79 Å². The minimum absolute atomic E-state index is 0.0131. The van der Waals surface area contributed by atoms with Gasteiger partial charge in [0.1, 0.15) is 24.7 Å². The minimum Gasteiger partial charge on any atom is -0.490 e. The molecule has 0 aliphatic heterocycles. The maximum Gasteiger partial charge on any atom is 0.163 e. The lowest BCUT2D eigenvalue weighted by Crippen LogP contribution is -2.11. The molecule has 0 bridgehead atoms. The van der Waals surface area contributed by atoms with E-state index in [1.54, 1.807) is 18.2 Å². The molecule has 0 spiro atoms. The SMILES string of the molecule is CC(=O)c1ccccc1OCCOc1ccc(N)cc1C. The summed E-state index contributed by atoms with van der Waals surface area (Å²) in [7, 11) is 0. The lowest BCUT2D eigenvalue weighted by molar-refractivity contribution is 0.101. The van der Waals surface area contributed by atoms with Crippen LogP contribution in [0, 0.1) is 6.92 Å². The summed E-state index contributed by atoms with van der Waals surface area (Å²) in [6.45, 7) is 4.24. The molecule has 110 valence electrons. The van der Waals surface area contributed by atoms with Gasteiger partial charge in [0, 0.05) is 5.69 Å². The van der Waals surface area contributed by atoms with Crippen molar-refractivity contribution in [1.29, 1.82) is 0 Å². The fourth-order valence-corrected chi connectivity index (χ4v) is 2.02. The van der Waals surface area contributed by atoms with Gasteiger partial charge in [-0.05, 0) is 49.7 Å². The van der Waals surface area contributed by atoms with Crippen molar-refractivity contribution >= 4 is 11.5 Å². The van der Waals surface area contributed by atoms with Crippen LogP contribution in [0.5, 0.6) is 11.5 Å². The van der Waals surface area contributed by atoms with Crippen molar-refractivity contribution in [1.82, 2.24) is 0 Å². The molecule has 0 aliphatic rings. The van der Waals surface area contributed by atoms with Crippen molar-refractivity contribution in [2.45, 2.75) is 13.8 Å². The maximum absolute atomic E-state index is 11.5. The highest BCUT2D eigenvalue weighted by Gasteiger charge is 2.07. The molecule has 0 saturated carbocycles. The first-order valence-electron chi connectivity index (χ1n) is 6.79. The standard InChI is InChI=1S/C17H19NO3/c1-12-11-14(18)7-8-16(12)20-9-10-21-17-6-4-3-5-15(17)13(2)19/h3-8,11H,9-10,18H2,1-2H3. The van der Waals surface area contributed by atoms with Gasteiger partial charge < -0.3 is 15.2 Å². The maximum atomic E-state index is 11.5. The first-order chi connectivity index (χ1) is 10.1. The van der Waals surface area contributed by atoms with Crippen LogP contribution < -0.4 is 15.2 Å². The van der Waals surface area contributed by atoms with Crippen molar-refractivity contribution in [2.75, 3.05) is 18.9 Å². The monoisotopic (exact) mass is 285 g/mol. The molecule has 0 atom stereocenters. The van der Waals surface area contributed by atoms with Gasteiger partial charge in [0.15, 0.2) is 5.78 Å². The van der Waals surface area contributed by atoms with Crippen molar-refractivity contribution in [2.24, 2.45) is 0 Å². The molecule has 2 aromatic rings. The zero-order chi connectivity index (χ0) is 15.2. The summed E-state index contributed by atoms with van der Waals surface area (Å²) < 4.78 is 11.3. The van der Waals surface area contributed by atoms with Gasteiger partial charge in [-0.2, -0.15) is 0 Å². The largest absolute Gasteiger partial charge is 0.490 e. The minimum atomic E-state index is -0.0131. The summed E-state index contributed by atoms with van der Waals surface area (Å²) >= 11 is 0. The van der Waals surface area contributed by atoms with Gasteiger partial charge in [-0.1, -0.05) is 12.1 Å². The number of nitrogens with two attached hydrogens (primary N) is 1. The van der Waals surface area contributed by atoms with Crippen LogP contribution in [-0.4, -0.2) is 19.0 Å². The number of nitrogen functional groups attached to an aromatic ring is 1. The molecule has 0 aromatic heterocycles. The molecule has 2 aromatic carbocycles. The van der Waals surface area contributed by atoms with Crippen LogP contribution in [0.3, 0.4) is 0 Å². The van der Waals surface area contributed by atoms with E-state index >= 15 is 0 Å². The predicted octanol–water partition coefficient (Wildman–Crippen LogP) is 3.24. The van der Waals surface area contributed by atoms with E-state index in [4.69, 9.17) is 15.2 Å². The van der Waals surface area contributed by atoms with E-state index in [0.717, 1.165) is 11.3 Å². The summed E-state index contributed by atoms with van der Waals surface area (Å²) in [4.78, 5) is 11.5. The number of anilines is 1. The number of ketones is 1. The Morgan fingerprint density at radius 3 is 2.38 bits per heavy atom. The van der Waals surface area contributed by atoms with E-state index < -0.39 is 0 Å². The van der Waals surface area contributed by atoms with Crippen molar-refractivity contribution in [3.63, 3.8) is 0 Å². The topological polar surface area (TPSA) is 61.5 Å². The fourth-order valence-electron chi connectivity index (χ4n) is 2.02. The molecule has 0 radical (unpaired) electrons. The molecule has 2 rings (SSSR count). The Hall–Kier alpha value is -2.49. The molecule has 0 amide bonds. The second-order valence-electron chi connectivity index (χ2n) is 4.77. The van der Waals surface area contributed by atoms with Crippen LogP contribution >= 0.6 is 0 Å². The van der Waals surface area contributed by atoms with Crippen LogP contribution in [0.4, 0.5) is 5.69 Å². The number of rotatable bonds is 6. The molecule has 0 unspecified atom stereocenters. The van der Waals surface area contributed by atoms with Gasteiger partial charge in [-0.15, -0.1) is 0 Å². The fraction of sp³-hybridized carbons (Fsp3) is 0.235. The summed E-state index contributed by atoms with van der Waals surface area (Å²) in [5, 5.41) is 0. The smallest absolute Gasteiger partial charge is 0.163 e. The lowest BCUT2D eigenvalue weighted by atomic mass is 10.1. The van der Waals surface area contributed by atoms with Crippen LogP contribution in [0.15, 0.2) is 42.5 Å². The highest BCUT2D eigenvalue weighted by molar-refractivity contribution is 5.96. The average Bonchev–Trinajstić information content (AvgIpc) is 2.45. The number of carbonyl (C=O) groups is 1. The Morgan fingerprint density at radius 2 is 1.71 bits per heavy atom. The van der Waals surface area contributed by atoms with Crippen LogP contribution in [-0.2, 0) is 0 Å². The summed E-state index contributed by atoms with van der Waals surface area (Å²) in [5.74, 6) is 1.36. The first-order valence-corrected chi connectivity index (χ1v) is 6.79. The molecular weight excluding hydrogens is 266 g/mol. The van der Waals surface area contributed by atoms with Crippen molar-refractivity contribution in [3.8, 4) is 11.5 Å². The highest BCUT2D eigenvalue weighted by atomic mass is 16.5. The number of hydrogen-bond acceptors (Lipinski definition) is 4. The normalized spacial score (nSPS) is 10.2. The van der Waals surface area contributed by atoms with Crippen LogP contribution in [0.1, 0.15) is 22.8 Å². The van der Waals surface area contributed by atoms with Crippen LogP contribution in [0.25, 0.3) is 0 Å².